The highest BCUT2D eigenvalue weighted by atomic mass is 35.5. The minimum absolute atomic E-state index is 0.170. The van der Waals surface area contributed by atoms with Gasteiger partial charge in [0.2, 0.25) is 5.91 Å². The molecule has 0 aliphatic carbocycles. The number of halogens is 2. The number of carbonyl (C=O) groups excluding carboxylic acids is 1. The van der Waals surface area contributed by atoms with Crippen LogP contribution in [0.25, 0.3) is 0 Å². The first-order valence-corrected chi connectivity index (χ1v) is 7.02. The molecule has 0 unspecified atom stereocenters. The molecule has 0 atom stereocenters. The Bertz CT molecular complexity index is 756. The predicted octanol–water partition coefficient (Wildman–Crippen LogP) is 2.26. The molecule has 0 aliphatic rings. The van der Waals surface area contributed by atoms with Crippen LogP contribution in [0.3, 0.4) is 0 Å². The molecule has 2 aromatic rings. The molecular formula is C14H13Cl2N3O2. The molecular weight excluding hydrogens is 313 g/mol. The molecule has 7 heteroatoms. The summed E-state index contributed by atoms with van der Waals surface area (Å²) in [4.78, 5) is 27.3. The highest BCUT2D eigenvalue weighted by Crippen LogP contribution is 2.19. The number of carbonyl (C=O) groups is 1. The molecule has 0 aliphatic heterocycles. The van der Waals surface area contributed by atoms with Crippen LogP contribution in [0, 0.1) is 0 Å². The van der Waals surface area contributed by atoms with Crippen molar-refractivity contribution >= 4 is 29.1 Å². The number of hydrogen-bond donors (Lipinski definition) is 1. The largest absolute Gasteiger partial charge is 0.366 e. The summed E-state index contributed by atoms with van der Waals surface area (Å²) in [5, 5.41) is 0.540. The molecule has 110 valence electrons. The number of primary amides is 1. The third-order valence-electron chi connectivity index (χ3n) is 3.04. The van der Waals surface area contributed by atoms with Gasteiger partial charge in [-0.25, -0.2) is 4.98 Å². The molecule has 1 heterocycles. The van der Waals surface area contributed by atoms with E-state index in [9.17, 15) is 9.59 Å². The zero-order chi connectivity index (χ0) is 15.6. The number of benzene rings is 1. The molecule has 2 N–H and O–H groups in total. The van der Waals surface area contributed by atoms with Gasteiger partial charge in [-0.3, -0.25) is 14.2 Å². The van der Waals surface area contributed by atoms with Crippen molar-refractivity contribution in [2.24, 2.45) is 5.73 Å². The van der Waals surface area contributed by atoms with Gasteiger partial charge in [-0.15, -0.1) is 0 Å². The van der Waals surface area contributed by atoms with Crippen molar-refractivity contribution in [3.05, 3.63) is 61.7 Å². The van der Waals surface area contributed by atoms with Crippen LogP contribution in [-0.4, -0.2) is 15.5 Å². The van der Waals surface area contributed by atoms with E-state index < -0.39 is 5.91 Å². The summed E-state index contributed by atoms with van der Waals surface area (Å²) in [6, 6.07) is 5.98. The maximum atomic E-state index is 12.0. The van der Waals surface area contributed by atoms with E-state index in [-0.39, 0.29) is 17.3 Å². The molecule has 0 spiro atoms. The van der Waals surface area contributed by atoms with Crippen LogP contribution in [-0.2, 0) is 13.0 Å². The monoisotopic (exact) mass is 325 g/mol. The van der Waals surface area contributed by atoms with Gasteiger partial charge in [0.15, 0.2) is 0 Å². The minimum atomic E-state index is -0.553. The Morgan fingerprint density at radius 2 is 2.05 bits per heavy atom. The lowest BCUT2D eigenvalue weighted by Crippen LogP contribution is -2.25. The first-order valence-electron chi connectivity index (χ1n) is 6.27. The average molecular weight is 326 g/mol. The normalized spacial score (nSPS) is 10.6. The van der Waals surface area contributed by atoms with E-state index in [1.54, 1.807) is 12.1 Å². The van der Waals surface area contributed by atoms with E-state index in [2.05, 4.69) is 4.98 Å². The van der Waals surface area contributed by atoms with Gasteiger partial charge in [-0.2, -0.15) is 0 Å². The van der Waals surface area contributed by atoms with Crippen molar-refractivity contribution < 1.29 is 4.79 Å². The molecule has 0 radical (unpaired) electrons. The Balaban J connectivity index is 2.43. The summed E-state index contributed by atoms with van der Waals surface area (Å²) >= 11 is 11.9. The van der Waals surface area contributed by atoms with Gasteiger partial charge in [-0.1, -0.05) is 36.2 Å². The fourth-order valence-electron chi connectivity index (χ4n) is 1.96. The number of aryl methyl sites for hydroxylation is 1. The van der Waals surface area contributed by atoms with Crippen LogP contribution in [0.2, 0.25) is 10.2 Å². The third-order valence-corrected chi connectivity index (χ3v) is 3.58. The maximum absolute atomic E-state index is 12.0. The minimum Gasteiger partial charge on any atom is -0.366 e. The highest BCUT2D eigenvalue weighted by Gasteiger charge is 2.10. The zero-order valence-corrected chi connectivity index (χ0v) is 12.8. The van der Waals surface area contributed by atoms with Gasteiger partial charge in [0.25, 0.3) is 5.56 Å². The molecule has 1 aromatic carbocycles. The van der Waals surface area contributed by atoms with Crippen LogP contribution >= 0.6 is 23.2 Å². The summed E-state index contributed by atoms with van der Waals surface area (Å²) in [6.45, 7) is 2.14. The lowest BCUT2D eigenvalue weighted by molar-refractivity contribution is 0.100. The van der Waals surface area contributed by atoms with Crippen LogP contribution in [0.15, 0.2) is 29.1 Å². The molecule has 5 nitrogen and oxygen atoms in total. The van der Waals surface area contributed by atoms with Crippen molar-refractivity contribution in [2.75, 3.05) is 0 Å². The number of rotatable bonds is 4. The smallest absolute Gasteiger partial charge is 0.255 e. The molecule has 2 rings (SSSR count). The van der Waals surface area contributed by atoms with E-state index in [0.717, 1.165) is 0 Å². The van der Waals surface area contributed by atoms with E-state index in [4.69, 9.17) is 28.9 Å². The van der Waals surface area contributed by atoms with Crippen LogP contribution in [0.4, 0.5) is 0 Å². The Labute approximate surface area is 131 Å². The topological polar surface area (TPSA) is 78.0 Å². The number of hydrogen-bond acceptors (Lipinski definition) is 3. The second kappa shape index (κ2) is 6.28. The lowest BCUT2D eigenvalue weighted by Gasteiger charge is -2.12. The van der Waals surface area contributed by atoms with E-state index in [1.165, 1.54) is 16.7 Å². The quantitative estimate of drug-likeness (QED) is 0.876. The van der Waals surface area contributed by atoms with Gasteiger partial charge in [-0.05, 0) is 17.7 Å². The Morgan fingerprint density at radius 3 is 2.62 bits per heavy atom. The molecule has 0 saturated carbocycles. The summed E-state index contributed by atoms with van der Waals surface area (Å²) in [7, 11) is 0. The number of amides is 1. The highest BCUT2D eigenvalue weighted by molar-refractivity contribution is 6.31. The maximum Gasteiger partial charge on any atom is 0.255 e. The van der Waals surface area contributed by atoms with Crippen molar-refractivity contribution in [2.45, 2.75) is 19.9 Å². The first-order chi connectivity index (χ1) is 9.92. The fourth-order valence-corrected chi connectivity index (χ4v) is 2.39. The number of nitrogens with two attached hydrogens (primary N) is 1. The van der Waals surface area contributed by atoms with Crippen LogP contribution in [0.5, 0.6) is 0 Å². The van der Waals surface area contributed by atoms with Crippen LogP contribution < -0.4 is 11.3 Å². The summed E-state index contributed by atoms with van der Waals surface area (Å²) in [5.41, 5.74) is 5.96. The van der Waals surface area contributed by atoms with Gasteiger partial charge >= 0.3 is 0 Å². The molecule has 0 fully saturated rings. The van der Waals surface area contributed by atoms with Crippen molar-refractivity contribution in [1.29, 1.82) is 0 Å². The van der Waals surface area contributed by atoms with E-state index in [1.807, 2.05) is 6.92 Å². The Kier molecular flexibility index (Phi) is 4.65. The lowest BCUT2D eigenvalue weighted by atomic mass is 10.1. The molecule has 1 aromatic heterocycles. The number of nitrogens with zero attached hydrogens (tertiary/aromatic N) is 2. The van der Waals surface area contributed by atoms with Crippen molar-refractivity contribution in [1.82, 2.24) is 9.55 Å². The first kappa shape index (κ1) is 15.5. The summed E-state index contributed by atoms with van der Waals surface area (Å²) in [5.74, 6) is 0.0190. The van der Waals surface area contributed by atoms with Crippen molar-refractivity contribution in [3.8, 4) is 0 Å². The SMILES string of the molecule is CCc1nc(Cl)cc(=O)n1Cc1ccc(C(N)=O)cc1Cl. The predicted molar refractivity (Wildman–Crippen MR) is 82.0 cm³/mol. The standard InChI is InChI=1S/C14H13Cl2N3O2/c1-2-12-18-11(16)6-13(20)19(12)7-9-4-3-8(14(17)21)5-10(9)15/h3-6H,2,7H2,1H3,(H2,17,21). The van der Waals surface area contributed by atoms with Crippen molar-refractivity contribution in [3.63, 3.8) is 0 Å². The molecule has 0 saturated heterocycles. The Morgan fingerprint density at radius 1 is 1.33 bits per heavy atom. The third kappa shape index (κ3) is 3.43. The Hall–Kier alpha value is -1.85. The molecule has 21 heavy (non-hydrogen) atoms. The average Bonchev–Trinajstić information content (AvgIpc) is 2.42. The van der Waals surface area contributed by atoms with Gasteiger partial charge < -0.3 is 5.73 Å². The fraction of sp³-hybridized carbons (Fsp3) is 0.214. The summed E-state index contributed by atoms with van der Waals surface area (Å²) in [6.07, 6.45) is 0.562. The van der Waals surface area contributed by atoms with Gasteiger partial charge in [0.1, 0.15) is 11.0 Å². The number of aromatic nitrogens is 2. The molecule has 1 amide bonds. The zero-order valence-electron chi connectivity index (χ0n) is 11.3. The van der Waals surface area contributed by atoms with Gasteiger partial charge in [0.05, 0.1) is 6.54 Å². The van der Waals surface area contributed by atoms with Gasteiger partial charge in [0, 0.05) is 23.1 Å². The molecule has 0 bridgehead atoms. The summed E-state index contributed by atoms with van der Waals surface area (Å²) < 4.78 is 1.50. The second-order valence-electron chi connectivity index (χ2n) is 4.44. The van der Waals surface area contributed by atoms with E-state index in [0.29, 0.717) is 28.4 Å². The van der Waals surface area contributed by atoms with E-state index >= 15 is 0 Å². The second-order valence-corrected chi connectivity index (χ2v) is 5.24. The van der Waals surface area contributed by atoms with Crippen LogP contribution in [0.1, 0.15) is 28.7 Å².